The maximum Gasteiger partial charge on any atom is 0.103 e. The van der Waals surface area contributed by atoms with Crippen LogP contribution in [0.4, 0.5) is 11.4 Å². The standard InChI is InChI=1S/C32H34N2/c1-21(20-30-22(2)11-9-12-23(30)3)19-28-18-17-27-15-7-8-16-29(27)32(28)34-26(6)33-31-24(4)13-10-14-25(31)5/h7-19H,20H2,1-6H3,(H,33,34)/b21-19+. The van der Waals surface area contributed by atoms with Crippen molar-refractivity contribution in [2.24, 2.45) is 4.99 Å². The van der Waals surface area contributed by atoms with Crippen LogP contribution >= 0.6 is 0 Å². The number of fused-ring (bicyclic) bond motifs is 1. The van der Waals surface area contributed by atoms with E-state index >= 15 is 0 Å². The van der Waals surface area contributed by atoms with Crippen molar-refractivity contribution < 1.29 is 0 Å². The molecule has 4 aromatic carbocycles. The molecule has 0 bridgehead atoms. The molecule has 1 N–H and O–H groups in total. The molecular weight excluding hydrogens is 412 g/mol. The fourth-order valence-electron chi connectivity index (χ4n) is 4.63. The number of allylic oxidation sites excluding steroid dienone is 1. The van der Waals surface area contributed by atoms with E-state index in [-0.39, 0.29) is 0 Å². The molecule has 0 fully saturated rings. The molecule has 0 atom stereocenters. The van der Waals surface area contributed by atoms with Crippen molar-refractivity contribution in [3.05, 3.63) is 112 Å². The number of aliphatic imine (C=N–C) groups is 1. The van der Waals surface area contributed by atoms with Gasteiger partial charge in [-0.05, 0) is 86.7 Å². The zero-order valence-electron chi connectivity index (χ0n) is 21.2. The summed E-state index contributed by atoms with van der Waals surface area (Å²) in [5.74, 6) is 0.885. The van der Waals surface area contributed by atoms with E-state index in [0.29, 0.717) is 0 Å². The van der Waals surface area contributed by atoms with E-state index in [2.05, 4.69) is 119 Å². The van der Waals surface area contributed by atoms with E-state index in [1.54, 1.807) is 0 Å². The van der Waals surface area contributed by atoms with Gasteiger partial charge >= 0.3 is 0 Å². The number of amidine groups is 1. The summed E-state index contributed by atoms with van der Waals surface area (Å²) < 4.78 is 0. The Bertz CT molecular complexity index is 1370. The number of anilines is 1. The highest BCUT2D eigenvalue weighted by molar-refractivity contribution is 6.07. The van der Waals surface area contributed by atoms with Crippen LogP contribution in [0.15, 0.2) is 83.4 Å². The van der Waals surface area contributed by atoms with Gasteiger partial charge in [-0.1, -0.05) is 84.4 Å². The molecular formula is C32H34N2. The first-order valence-electron chi connectivity index (χ1n) is 12.0. The van der Waals surface area contributed by atoms with E-state index in [1.165, 1.54) is 49.7 Å². The van der Waals surface area contributed by atoms with Crippen LogP contribution in [0.25, 0.3) is 16.8 Å². The third kappa shape index (κ3) is 5.12. The lowest BCUT2D eigenvalue weighted by atomic mass is 9.95. The van der Waals surface area contributed by atoms with Crippen molar-refractivity contribution in [1.82, 2.24) is 0 Å². The summed E-state index contributed by atoms with van der Waals surface area (Å²) in [6.07, 6.45) is 3.26. The monoisotopic (exact) mass is 446 g/mol. The van der Waals surface area contributed by atoms with Gasteiger partial charge < -0.3 is 5.32 Å². The Morgan fingerprint density at radius 1 is 0.735 bits per heavy atom. The van der Waals surface area contributed by atoms with Crippen LogP contribution in [0.3, 0.4) is 0 Å². The third-order valence-electron chi connectivity index (χ3n) is 6.49. The highest BCUT2D eigenvalue weighted by atomic mass is 15.0. The van der Waals surface area contributed by atoms with E-state index in [4.69, 9.17) is 4.99 Å². The second-order valence-electron chi connectivity index (χ2n) is 9.35. The Morgan fingerprint density at radius 2 is 1.35 bits per heavy atom. The Morgan fingerprint density at radius 3 is 2.03 bits per heavy atom. The normalized spacial score (nSPS) is 12.3. The number of para-hydroxylation sites is 1. The van der Waals surface area contributed by atoms with Crippen molar-refractivity contribution in [2.45, 2.75) is 48.0 Å². The van der Waals surface area contributed by atoms with Crippen LogP contribution in [0.5, 0.6) is 0 Å². The van der Waals surface area contributed by atoms with Crippen molar-refractivity contribution in [2.75, 3.05) is 5.32 Å². The van der Waals surface area contributed by atoms with Crippen molar-refractivity contribution in [1.29, 1.82) is 0 Å². The Kier molecular flexibility index (Phi) is 6.98. The van der Waals surface area contributed by atoms with Crippen LogP contribution < -0.4 is 5.32 Å². The smallest absolute Gasteiger partial charge is 0.103 e. The molecule has 0 saturated carbocycles. The predicted octanol–water partition coefficient (Wildman–Crippen LogP) is 8.88. The summed E-state index contributed by atoms with van der Waals surface area (Å²) in [5, 5.41) is 6.07. The summed E-state index contributed by atoms with van der Waals surface area (Å²) in [6.45, 7) is 12.9. The molecule has 0 saturated heterocycles. The summed E-state index contributed by atoms with van der Waals surface area (Å²) >= 11 is 0. The van der Waals surface area contributed by atoms with E-state index in [1.807, 2.05) is 6.92 Å². The van der Waals surface area contributed by atoms with Gasteiger partial charge in [0.05, 0.1) is 11.4 Å². The zero-order chi connectivity index (χ0) is 24.2. The molecule has 4 aromatic rings. The lowest BCUT2D eigenvalue weighted by Gasteiger charge is -2.15. The average molecular weight is 447 g/mol. The number of hydrogen-bond acceptors (Lipinski definition) is 1. The molecule has 0 aromatic heterocycles. The van der Waals surface area contributed by atoms with Crippen LogP contribution in [-0.4, -0.2) is 5.84 Å². The molecule has 0 aliphatic rings. The number of nitrogens with one attached hydrogen (secondary N) is 1. The predicted molar refractivity (Wildman–Crippen MR) is 150 cm³/mol. The largest absolute Gasteiger partial charge is 0.343 e. The van der Waals surface area contributed by atoms with Crippen molar-refractivity contribution in [3.63, 3.8) is 0 Å². The summed E-state index contributed by atoms with van der Waals surface area (Å²) in [7, 11) is 0. The average Bonchev–Trinajstić information content (AvgIpc) is 2.80. The SMILES string of the molecule is CC(=Nc1c(C)cccc1C)Nc1c(/C=C(\C)Cc2c(C)cccc2C)ccc2ccccc12. The first-order chi connectivity index (χ1) is 16.3. The minimum atomic E-state index is 0.885. The lowest BCUT2D eigenvalue weighted by Crippen LogP contribution is -2.09. The minimum Gasteiger partial charge on any atom is -0.343 e. The summed E-state index contributed by atoms with van der Waals surface area (Å²) in [4.78, 5) is 4.96. The molecule has 0 aliphatic carbocycles. The van der Waals surface area contributed by atoms with Gasteiger partial charge in [0, 0.05) is 5.39 Å². The molecule has 0 aliphatic heterocycles. The van der Waals surface area contributed by atoms with Gasteiger partial charge in [-0.25, -0.2) is 4.99 Å². The molecule has 34 heavy (non-hydrogen) atoms. The van der Waals surface area contributed by atoms with Crippen LogP contribution in [0.1, 0.15) is 47.2 Å². The summed E-state index contributed by atoms with van der Waals surface area (Å²) in [6, 6.07) is 25.8. The fourth-order valence-corrected chi connectivity index (χ4v) is 4.63. The maximum absolute atomic E-state index is 4.96. The second kappa shape index (κ2) is 10.1. The minimum absolute atomic E-state index is 0.885. The van der Waals surface area contributed by atoms with Crippen LogP contribution in [-0.2, 0) is 6.42 Å². The fraction of sp³-hybridized carbons (Fsp3) is 0.219. The molecule has 0 spiro atoms. The quantitative estimate of drug-likeness (QED) is 0.240. The molecule has 172 valence electrons. The number of benzene rings is 4. The van der Waals surface area contributed by atoms with Gasteiger partial charge in [-0.15, -0.1) is 0 Å². The highest BCUT2D eigenvalue weighted by Crippen LogP contribution is 2.31. The zero-order valence-corrected chi connectivity index (χ0v) is 21.2. The first kappa shape index (κ1) is 23.5. The van der Waals surface area contributed by atoms with Crippen LogP contribution in [0, 0.1) is 27.7 Å². The Labute approximate surface area is 204 Å². The molecule has 0 unspecified atom stereocenters. The molecule has 2 nitrogen and oxygen atoms in total. The van der Waals surface area contributed by atoms with Crippen molar-refractivity contribution >= 4 is 34.1 Å². The van der Waals surface area contributed by atoms with Crippen molar-refractivity contribution in [3.8, 4) is 0 Å². The Balaban J connectivity index is 1.75. The lowest BCUT2D eigenvalue weighted by molar-refractivity contribution is 1.10. The topological polar surface area (TPSA) is 24.4 Å². The van der Waals surface area contributed by atoms with Gasteiger partial charge in [0.25, 0.3) is 0 Å². The van der Waals surface area contributed by atoms with Gasteiger partial charge in [0.2, 0.25) is 0 Å². The Hall–Kier alpha value is -3.65. The number of nitrogens with zero attached hydrogens (tertiary/aromatic N) is 1. The van der Waals surface area contributed by atoms with Gasteiger partial charge in [-0.3, -0.25) is 0 Å². The number of hydrogen-bond donors (Lipinski definition) is 1. The molecule has 0 heterocycles. The van der Waals surface area contributed by atoms with E-state index < -0.39 is 0 Å². The number of rotatable bonds is 5. The van der Waals surface area contributed by atoms with E-state index in [9.17, 15) is 0 Å². The molecule has 4 rings (SSSR count). The first-order valence-corrected chi connectivity index (χ1v) is 12.0. The maximum atomic E-state index is 4.96. The van der Waals surface area contributed by atoms with Gasteiger partial charge in [0.15, 0.2) is 0 Å². The second-order valence-corrected chi connectivity index (χ2v) is 9.35. The third-order valence-corrected chi connectivity index (χ3v) is 6.49. The molecule has 0 amide bonds. The highest BCUT2D eigenvalue weighted by Gasteiger charge is 2.10. The van der Waals surface area contributed by atoms with E-state index in [0.717, 1.165) is 23.6 Å². The van der Waals surface area contributed by atoms with Gasteiger partial charge in [-0.2, -0.15) is 0 Å². The van der Waals surface area contributed by atoms with Crippen LogP contribution in [0.2, 0.25) is 0 Å². The summed E-state index contributed by atoms with van der Waals surface area (Å²) in [5.41, 5.74) is 11.1. The van der Waals surface area contributed by atoms with Gasteiger partial charge in [0.1, 0.15) is 5.84 Å². The molecule has 2 heteroatoms. The number of aryl methyl sites for hydroxylation is 4. The molecule has 0 radical (unpaired) electrons.